The number of rotatable bonds is 6. The van der Waals surface area contributed by atoms with Crippen LogP contribution in [0.2, 0.25) is 0 Å². The molecule has 0 atom stereocenters. The topological polar surface area (TPSA) is 68.0 Å². The van der Waals surface area contributed by atoms with Gasteiger partial charge in [0, 0.05) is 24.0 Å². The number of aromatic nitrogens is 2. The van der Waals surface area contributed by atoms with Crippen LogP contribution in [0.25, 0.3) is 0 Å². The van der Waals surface area contributed by atoms with E-state index >= 15 is 0 Å². The third-order valence-corrected chi connectivity index (χ3v) is 5.27. The summed E-state index contributed by atoms with van der Waals surface area (Å²) in [6, 6.07) is 6.59. The van der Waals surface area contributed by atoms with Crippen molar-refractivity contribution < 1.29 is 13.7 Å². The number of carbonyl (C=O) groups excluding carboxylic acids is 1. The second-order valence-electron chi connectivity index (χ2n) is 6.00. The number of carbonyl (C=O) groups is 1. The van der Waals surface area contributed by atoms with Crippen molar-refractivity contribution in [2.24, 2.45) is 0 Å². The molecule has 0 bridgehead atoms. The molecule has 1 aromatic carbocycles. The molecular formula is C17H20FN3O2S. The van der Waals surface area contributed by atoms with E-state index in [-0.39, 0.29) is 11.7 Å². The number of benzene rings is 1. The molecule has 24 heavy (non-hydrogen) atoms. The molecular weight excluding hydrogens is 329 g/mol. The van der Waals surface area contributed by atoms with Crippen LogP contribution in [0.1, 0.15) is 43.8 Å². The van der Waals surface area contributed by atoms with Gasteiger partial charge in [-0.25, -0.2) is 4.39 Å². The molecule has 1 fully saturated rings. The molecule has 0 radical (unpaired) electrons. The van der Waals surface area contributed by atoms with Crippen LogP contribution in [-0.2, 0) is 10.3 Å². The second kappa shape index (κ2) is 7.34. The SMILES string of the molecule is Cc1nc(C2(NC(=O)CCSc3ccccc3F)CCCC2)no1. The van der Waals surface area contributed by atoms with Crippen molar-refractivity contribution in [2.75, 3.05) is 5.75 Å². The minimum Gasteiger partial charge on any atom is -0.343 e. The van der Waals surface area contributed by atoms with Crippen molar-refractivity contribution in [3.63, 3.8) is 0 Å². The smallest absolute Gasteiger partial charge is 0.223 e. The molecule has 0 aliphatic heterocycles. The summed E-state index contributed by atoms with van der Waals surface area (Å²) >= 11 is 1.35. The largest absolute Gasteiger partial charge is 0.343 e. The number of nitrogens with zero attached hydrogens (tertiary/aromatic N) is 2. The average molecular weight is 349 g/mol. The Hall–Kier alpha value is -1.89. The molecule has 0 unspecified atom stereocenters. The lowest BCUT2D eigenvalue weighted by molar-refractivity contribution is -0.122. The summed E-state index contributed by atoms with van der Waals surface area (Å²) in [5.74, 6) is 1.27. The summed E-state index contributed by atoms with van der Waals surface area (Å²) in [7, 11) is 0. The summed E-state index contributed by atoms with van der Waals surface area (Å²) in [6.45, 7) is 1.74. The molecule has 128 valence electrons. The van der Waals surface area contributed by atoms with Gasteiger partial charge in [0.1, 0.15) is 11.4 Å². The highest BCUT2D eigenvalue weighted by Gasteiger charge is 2.41. The van der Waals surface area contributed by atoms with Gasteiger partial charge < -0.3 is 9.84 Å². The van der Waals surface area contributed by atoms with Gasteiger partial charge >= 0.3 is 0 Å². The summed E-state index contributed by atoms with van der Waals surface area (Å²) in [6.07, 6.45) is 4.00. The third-order valence-electron chi connectivity index (χ3n) is 4.21. The van der Waals surface area contributed by atoms with E-state index in [2.05, 4.69) is 15.5 Å². The van der Waals surface area contributed by atoms with Crippen LogP contribution >= 0.6 is 11.8 Å². The first-order valence-electron chi connectivity index (χ1n) is 8.08. The predicted octanol–water partition coefficient (Wildman–Crippen LogP) is 3.59. The van der Waals surface area contributed by atoms with E-state index in [0.29, 0.717) is 28.8 Å². The zero-order chi connectivity index (χ0) is 17.0. The number of hydrogen-bond acceptors (Lipinski definition) is 5. The van der Waals surface area contributed by atoms with Crippen LogP contribution < -0.4 is 5.32 Å². The number of hydrogen-bond donors (Lipinski definition) is 1. The first-order chi connectivity index (χ1) is 11.6. The standard InChI is InChI=1S/C17H20FN3O2S/c1-12-19-16(21-23-12)17(9-4-5-10-17)20-15(22)8-11-24-14-7-3-2-6-13(14)18/h2-3,6-7H,4-5,8-11H2,1H3,(H,20,22). The number of aryl methyl sites for hydroxylation is 1. The molecule has 0 saturated heterocycles. The second-order valence-corrected chi connectivity index (χ2v) is 7.14. The maximum Gasteiger partial charge on any atom is 0.223 e. The van der Waals surface area contributed by atoms with E-state index in [9.17, 15) is 9.18 Å². The predicted molar refractivity (Wildman–Crippen MR) is 89.1 cm³/mol. The van der Waals surface area contributed by atoms with Gasteiger partial charge in [0.25, 0.3) is 0 Å². The number of halogens is 1. The Kier molecular flexibility index (Phi) is 5.18. The minimum absolute atomic E-state index is 0.0665. The molecule has 1 aromatic heterocycles. The van der Waals surface area contributed by atoms with Crippen LogP contribution in [0.3, 0.4) is 0 Å². The van der Waals surface area contributed by atoms with Gasteiger partial charge in [-0.1, -0.05) is 30.1 Å². The zero-order valence-electron chi connectivity index (χ0n) is 13.5. The van der Waals surface area contributed by atoms with Crippen molar-refractivity contribution in [2.45, 2.75) is 49.5 Å². The third kappa shape index (κ3) is 3.77. The Bertz CT molecular complexity index is 713. The number of amides is 1. The minimum atomic E-state index is -0.516. The van der Waals surface area contributed by atoms with Gasteiger partial charge in [0.05, 0.1) is 0 Å². The summed E-state index contributed by atoms with van der Waals surface area (Å²) in [5.41, 5.74) is -0.516. The maximum absolute atomic E-state index is 13.6. The van der Waals surface area contributed by atoms with Gasteiger partial charge in [-0.3, -0.25) is 4.79 Å². The fourth-order valence-corrected chi connectivity index (χ4v) is 3.91. The van der Waals surface area contributed by atoms with Crippen LogP contribution in [0.15, 0.2) is 33.7 Å². The van der Waals surface area contributed by atoms with Crippen LogP contribution in [0.4, 0.5) is 4.39 Å². The Labute approximate surface area is 144 Å². The van der Waals surface area contributed by atoms with Gasteiger partial charge in [-0.2, -0.15) is 4.98 Å². The van der Waals surface area contributed by atoms with Gasteiger partial charge in [0.15, 0.2) is 5.82 Å². The normalized spacial score (nSPS) is 16.2. The van der Waals surface area contributed by atoms with E-state index in [1.54, 1.807) is 25.1 Å². The summed E-state index contributed by atoms with van der Waals surface area (Å²) in [5, 5.41) is 7.10. The fourth-order valence-electron chi connectivity index (χ4n) is 3.02. The van der Waals surface area contributed by atoms with Crippen LogP contribution in [0, 0.1) is 12.7 Å². The van der Waals surface area contributed by atoms with E-state index in [0.717, 1.165) is 25.7 Å². The van der Waals surface area contributed by atoms with E-state index in [1.165, 1.54) is 17.8 Å². The lowest BCUT2D eigenvalue weighted by Gasteiger charge is -2.26. The van der Waals surface area contributed by atoms with E-state index < -0.39 is 5.54 Å². The quantitative estimate of drug-likeness (QED) is 0.807. The molecule has 0 spiro atoms. The van der Waals surface area contributed by atoms with Gasteiger partial charge in [-0.05, 0) is 25.0 Å². The first kappa shape index (κ1) is 17.0. The average Bonchev–Trinajstić information content (AvgIpc) is 3.19. The molecule has 1 heterocycles. The van der Waals surface area contributed by atoms with E-state index in [1.807, 2.05) is 0 Å². The van der Waals surface area contributed by atoms with Crippen molar-refractivity contribution in [3.8, 4) is 0 Å². The molecule has 5 nitrogen and oxygen atoms in total. The molecule has 1 amide bonds. The Morgan fingerprint density at radius 2 is 2.12 bits per heavy atom. The lowest BCUT2D eigenvalue weighted by atomic mass is 9.96. The monoisotopic (exact) mass is 349 g/mol. The Morgan fingerprint density at radius 1 is 1.38 bits per heavy atom. The molecule has 1 N–H and O–H groups in total. The highest BCUT2D eigenvalue weighted by molar-refractivity contribution is 7.99. The molecule has 3 rings (SSSR count). The highest BCUT2D eigenvalue weighted by Crippen LogP contribution is 2.37. The van der Waals surface area contributed by atoms with Crippen molar-refractivity contribution in [1.29, 1.82) is 0 Å². The van der Waals surface area contributed by atoms with Crippen LogP contribution in [-0.4, -0.2) is 21.8 Å². The van der Waals surface area contributed by atoms with Crippen molar-refractivity contribution in [3.05, 3.63) is 41.8 Å². The molecule has 1 aliphatic rings. The van der Waals surface area contributed by atoms with Crippen molar-refractivity contribution in [1.82, 2.24) is 15.5 Å². The Morgan fingerprint density at radius 3 is 2.79 bits per heavy atom. The van der Waals surface area contributed by atoms with E-state index in [4.69, 9.17) is 4.52 Å². The Balaban J connectivity index is 1.58. The number of thioether (sulfide) groups is 1. The fraction of sp³-hybridized carbons (Fsp3) is 0.471. The molecule has 1 saturated carbocycles. The van der Waals surface area contributed by atoms with Gasteiger partial charge in [-0.15, -0.1) is 11.8 Å². The summed E-state index contributed by atoms with van der Waals surface area (Å²) in [4.78, 5) is 17.2. The first-order valence-corrected chi connectivity index (χ1v) is 9.07. The zero-order valence-corrected chi connectivity index (χ0v) is 14.4. The maximum atomic E-state index is 13.6. The van der Waals surface area contributed by atoms with Crippen molar-refractivity contribution >= 4 is 17.7 Å². The highest BCUT2D eigenvalue weighted by atomic mass is 32.2. The number of nitrogens with one attached hydrogen (secondary N) is 1. The molecule has 1 aliphatic carbocycles. The molecule has 2 aromatic rings. The van der Waals surface area contributed by atoms with Gasteiger partial charge in [0.2, 0.25) is 11.8 Å². The summed E-state index contributed by atoms with van der Waals surface area (Å²) < 4.78 is 18.7. The molecule has 7 heteroatoms. The van der Waals surface area contributed by atoms with Crippen LogP contribution in [0.5, 0.6) is 0 Å². The lowest BCUT2D eigenvalue weighted by Crippen LogP contribution is -2.44.